The van der Waals surface area contributed by atoms with Crippen LogP contribution in [0.25, 0.3) is 21.5 Å². The number of nitrogens with one attached hydrogen (secondary N) is 1. The van der Waals surface area contributed by atoms with Gasteiger partial charge in [-0.1, -0.05) is 42.5 Å². The molecule has 0 aliphatic carbocycles. The number of ether oxygens (including phenoxy) is 2. The second kappa shape index (κ2) is 9.56. The smallest absolute Gasteiger partial charge is 0.347 e. The van der Waals surface area contributed by atoms with Crippen LogP contribution in [-0.4, -0.2) is 29.2 Å². The van der Waals surface area contributed by atoms with Crippen LogP contribution in [0.3, 0.4) is 0 Å². The summed E-state index contributed by atoms with van der Waals surface area (Å²) in [6.07, 6.45) is 0.736. The molecule has 0 aliphatic rings. The molecule has 4 rings (SSSR count). The van der Waals surface area contributed by atoms with Gasteiger partial charge in [0, 0.05) is 22.7 Å². The van der Waals surface area contributed by atoms with E-state index in [4.69, 9.17) is 9.47 Å². The number of fused-ring (bicyclic) bond motifs is 2. The number of amides is 1. The molecule has 0 bridgehead atoms. The van der Waals surface area contributed by atoms with Gasteiger partial charge in [-0.05, 0) is 43.5 Å². The summed E-state index contributed by atoms with van der Waals surface area (Å²) in [6, 6.07) is 20.2. The van der Waals surface area contributed by atoms with E-state index in [-0.39, 0.29) is 24.6 Å². The first kappa shape index (κ1) is 22.1. The van der Waals surface area contributed by atoms with Crippen molar-refractivity contribution in [3.05, 3.63) is 83.3 Å². The van der Waals surface area contributed by atoms with Crippen LogP contribution in [0.1, 0.15) is 13.8 Å². The van der Waals surface area contributed by atoms with E-state index in [1.807, 2.05) is 42.5 Å². The molecular weight excluding hydrogens is 420 g/mol. The normalized spacial score (nSPS) is 11.8. The highest BCUT2D eigenvalue weighted by molar-refractivity contribution is 6.02. The van der Waals surface area contributed by atoms with Gasteiger partial charge in [-0.2, -0.15) is 0 Å². The lowest BCUT2D eigenvalue weighted by Gasteiger charge is -2.15. The molecule has 1 atom stereocenters. The van der Waals surface area contributed by atoms with Gasteiger partial charge in [0.25, 0.3) is 5.56 Å². The van der Waals surface area contributed by atoms with E-state index >= 15 is 0 Å². The van der Waals surface area contributed by atoms with Crippen molar-refractivity contribution in [3.8, 4) is 5.75 Å². The molecule has 1 N–H and O–H groups in total. The Labute approximate surface area is 190 Å². The third-order valence-corrected chi connectivity index (χ3v) is 5.28. The van der Waals surface area contributed by atoms with E-state index in [9.17, 15) is 14.4 Å². The SMILES string of the molecule is CCOC(=O)C(C)Oc1cccc2c(=O)n(CC(=O)Nc3cccc4ccccc34)ccc12. The summed E-state index contributed by atoms with van der Waals surface area (Å²) in [5.74, 6) is -0.387. The van der Waals surface area contributed by atoms with Crippen LogP contribution in [0.2, 0.25) is 0 Å². The molecule has 0 saturated carbocycles. The number of hydrogen-bond acceptors (Lipinski definition) is 5. The maximum atomic E-state index is 13.0. The van der Waals surface area contributed by atoms with Crippen LogP contribution in [0.4, 0.5) is 5.69 Å². The molecule has 33 heavy (non-hydrogen) atoms. The molecule has 3 aromatic carbocycles. The van der Waals surface area contributed by atoms with Gasteiger partial charge in [-0.15, -0.1) is 0 Å². The Kier molecular flexibility index (Phi) is 6.40. The van der Waals surface area contributed by atoms with Gasteiger partial charge < -0.3 is 19.4 Å². The topological polar surface area (TPSA) is 86.6 Å². The number of rotatable bonds is 7. The van der Waals surface area contributed by atoms with Gasteiger partial charge in [-0.3, -0.25) is 9.59 Å². The van der Waals surface area contributed by atoms with Crippen LogP contribution in [0.5, 0.6) is 5.75 Å². The van der Waals surface area contributed by atoms with E-state index < -0.39 is 12.1 Å². The summed E-state index contributed by atoms with van der Waals surface area (Å²) in [4.78, 5) is 37.7. The first-order valence-electron chi connectivity index (χ1n) is 10.7. The van der Waals surface area contributed by atoms with Crippen molar-refractivity contribution in [2.24, 2.45) is 0 Å². The van der Waals surface area contributed by atoms with Crippen molar-refractivity contribution >= 4 is 39.1 Å². The highest BCUT2D eigenvalue weighted by Crippen LogP contribution is 2.25. The molecule has 0 aliphatic heterocycles. The number of benzene rings is 3. The minimum Gasteiger partial charge on any atom is -0.478 e. The van der Waals surface area contributed by atoms with E-state index in [2.05, 4.69) is 5.32 Å². The molecule has 0 spiro atoms. The molecule has 168 valence electrons. The highest BCUT2D eigenvalue weighted by Gasteiger charge is 2.18. The number of anilines is 1. The average molecular weight is 444 g/mol. The number of aromatic nitrogens is 1. The summed E-state index contributed by atoms with van der Waals surface area (Å²) in [5, 5.41) is 5.79. The zero-order valence-electron chi connectivity index (χ0n) is 18.4. The molecule has 1 aromatic heterocycles. The maximum Gasteiger partial charge on any atom is 0.347 e. The molecule has 0 saturated heterocycles. The fourth-order valence-electron chi connectivity index (χ4n) is 3.69. The van der Waals surface area contributed by atoms with Crippen LogP contribution in [0, 0.1) is 0 Å². The lowest BCUT2D eigenvalue weighted by atomic mass is 10.1. The number of nitrogens with zero attached hydrogens (tertiary/aromatic N) is 1. The predicted molar refractivity (Wildman–Crippen MR) is 128 cm³/mol. The Morgan fingerprint density at radius 2 is 1.67 bits per heavy atom. The summed E-state index contributed by atoms with van der Waals surface area (Å²) < 4.78 is 12.1. The zero-order valence-corrected chi connectivity index (χ0v) is 18.4. The molecule has 0 radical (unpaired) electrons. The first-order valence-corrected chi connectivity index (χ1v) is 10.7. The van der Waals surface area contributed by atoms with Gasteiger partial charge in [0.1, 0.15) is 12.3 Å². The zero-order chi connectivity index (χ0) is 23.4. The van der Waals surface area contributed by atoms with E-state index in [1.165, 1.54) is 4.57 Å². The van der Waals surface area contributed by atoms with Crippen LogP contribution in [0.15, 0.2) is 77.7 Å². The van der Waals surface area contributed by atoms with Crippen LogP contribution >= 0.6 is 0 Å². The van der Waals surface area contributed by atoms with Crippen molar-refractivity contribution in [2.45, 2.75) is 26.5 Å². The van der Waals surface area contributed by atoms with E-state index in [1.54, 1.807) is 44.3 Å². The predicted octanol–water partition coefficient (Wildman–Crippen LogP) is 4.12. The molecule has 1 heterocycles. The van der Waals surface area contributed by atoms with Crippen molar-refractivity contribution < 1.29 is 19.1 Å². The van der Waals surface area contributed by atoms with E-state index in [0.29, 0.717) is 22.2 Å². The Morgan fingerprint density at radius 1 is 0.939 bits per heavy atom. The second-order valence-corrected chi connectivity index (χ2v) is 7.55. The summed E-state index contributed by atoms with van der Waals surface area (Å²) in [7, 11) is 0. The Balaban J connectivity index is 1.56. The Morgan fingerprint density at radius 3 is 2.48 bits per heavy atom. The summed E-state index contributed by atoms with van der Waals surface area (Å²) >= 11 is 0. The monoisotopic (exact) mass is 444 g/mol. The molecule has 7 heteroatoms. The quantitative estimate of drug-likeness (QED) is 0.433. The van der Waals surface area contributed by atoms with Gasteiger partial charge in [0.05, 0.1) is 12.0 Å². The summed E-state index contributed by atoms with van der Waals surface area (Å²) in [6.45, 7) is 3.44. The molecule has 0 fully saturated rings. The minimum absolute atomic E-state index is 0.137. The number of hydrogen-bond donors (Lipinski definition) is 1. The van der Waals surface area contributed by atoms with Crippen molar-refractivity contribution in [1.29, 1.82) is 0 Å². The largest absolute Gasteiger partial charge is 0.478 e. The van der Waals surface area contributed by atoms with Crippen molar-refractivity contribution in [2.75, 3.05) is 11.9 Å². The third-order valence-electron chi connectivity index (χ3n) is 5.28. The first-order chi connectivity index (χ1) is 16.0. The molecule has 7 nitrogen and oxygen atoms in total. The standard InChI is InChI=1S/C26H24N2O5/c1-3-32-26(31)17(2)33-23-13-7-11-21-20(23)14-15-28(25(21)30)16-24(29)27-22-12-6-9-18-8-4-5-10-19(18)22/h4-15,17H,3,16H2,1-2H3,(H,27,29). The number of esters is 1. The van der Waals surface area contributed by atoms with Crippen molar-refractivity contribution in [1.82, 2.24) is 4.57 Å². The van der Waals surface area contributed by atoms with Gasteiger partial charge in [0.2, 0.25) is 5.91 Å². The van der Waals surface area contributed by atoms with Gasteiger partial charge in [-0.25, -0.2) is 4.79 Å². The van der Waals surface area contributed by atoms with Gasteiger partial charge in [0.15, 0.2) is 6.10 Å². The lowest BCUT2D eigenvalue weighted by molar-refractivity contribution is -0.150. The van der Waals surface area contributed by atoms with Gasteiger partial charge >= 0.3 is 5.97 Å². The maximum absolute atomic E-state index is 13.0. The van der Waals surface area contributed by atoms with E-state index in [0.717, 1.165) is 10.8 Å². The summed E-state index contributed by atoms with van der Waals surface area (Å²) in [5.41, 5.74) is 0.366. The lowest BCUT2D eigenvalue weighted by Crippen LogP contribution is -2.28. The second-order valence-electron chi connectivity index (χ2n) is 7.55. The number of carbonyl (C=O) groups is 2. The molecule has 4 aromatic rings. The molecule has 1 amide bonds. The third kappa shape index (κ3) is 4.72. The fraction of sp³-hybridized carbons (Fsp3) is 0.192. The number of carbonyl (C=O) groups excluding carboxylic acids is 2. The Bertz CT molecular complexity index is 1390. The Hall–Kier alpha value is -4.13. The minimum atomic E-state index is -0.815. The molecule has 1 unspecified atom stereocenters. The van der Waals surface area contributed by atoms with Crippen LogP contribution < -0.4 is 15.6 Å². The van der Waals surface area contributed by atoms with Crippen molar-refractivity contribution in [3.63, 3.8) is 0 Å². The number of pyridine rings is 1. The molecular formula is C26H24N2O5. The highest BCUT2D eigenvalue weighted by atomic mass is 16.6. The van der Waals surface area contributed by atoms with Crippen LogP contribution in [-0.2, 0) is 20.9 Å². The average Bonchev–Trinajstić information content (AvgIpc) is 2.81. The fourth-order valence-corrected chi connectivity index (χ4v) is 3.69.